The summed E-state index contributed by atoms with van der Waals surface area (Å²) in [6.45, 7) is 5.62. The van der Waals surface area contributed by atoms with Gasteiger partial charge in [-0.1, -0.05) is 6.07 Å². The predicted octanol–water partition coefficient (Wildman–Crippen LogP) is 3.45. The molecule has 0 aliphatic rings. The topological polar surface area (TPSA) is 42.2 Å². The molecule has 17 heavy (non-hydrogen) atoms. The average molecular weight is 249 g/mol. The Hall–Kier alpha value is -1.55. The summed E-state index contributed by atoms with van der Waals surface area (Å²) in [5, 5.41) is 4.97. The molecule has 1 atom stereocenters. The average Bonchev–Trinajstić information content (AvgIpc) is 2.87. The van der Waals surface area contributed by atoms with E-state index < -0.39 is 0 Å². The summed E-state index contributed by atoms with van der Waals surface area (Å²) in [6.07, 6.45) is 0. The van der Waals surface area contributed by atoms with E-state index in [1.807, 2.05) is 31.4 Å². The van der Waals surface area contributed by atoms with Crippen LogP contribution in [0.15, 0.2) is 28.0 Å². The number of rotatable bonds is 3. The third-order valence-electron chi connectivity index (χ3n) is 2.60. The van der Waals surface area contributed by atoms with E-state index in [0.717, 1.165) is 10.6 Å². The molecular formula is C13H15NO2S. The highest BCUT2D eigenvalue weighted by atomic mass is 32.1. The lowest BCUT2D eigenvalue weighted by molar-refractivity contribution is 0.0939. The van der Waals surface area contributed by atoms with Crippen LogP contribution in [0, 0.1) is 13.8 Å². The molecule has 2 rings (SSSR count). The van der Waals surface area contributed by atoms with Crippen LogP contribution in [0.25, 0.3) is 0 Å². The molecule has 0 aromatic carbocycles. The summed E-state index contributed by atoms with van der Waals surface area (Å²) in [6, 6.07) is 5.79. The monoisotopic (exact) mass is 249 g/mol. The fourth-order valence-electron chi connectivity index (χ4n) is 1.74. The summed E-state index contributed by atoms with van der Waals surface area (Å²) < 4.78 is 5.35. The third kappa shape index (κ3) is 2.58. The lowest BCUT2D eigenvalue weighted by atomic mass is 10.2. The number of furan rings is 1. The van der Waals surface area contributed by atoms with Crippen molar-refractivity contribution in [2.75, 3.05) is 0 Å². The normalized spacial score (nSPS) is 12.4. The number of thiophene rings is 1. The van der Waals surface area contributed by atoms with Gasteiger partial charge in [0.15, 0.2) is 0 Å². The van der Waals surface area contributed by atoms with Crippen LogP contribution >= 0.6 is 11.3 Å². The molecule has 2 aromatic rings. The maximum Gasteiger partial charge on any atom is 0.255 e. The van der Waals surface area contributed by atoms with Gasteiger partial charge in [-0.2, -0.15) is 0 Å². The van der Waals surface area contributed by atoms with Gasteiger partial charge in [0.2, 0.25) is 0 Å². The van der Waals surface area contributed by atoms with Gasteiger partial charge in [-0.05, 0) is 38.3 Å². The Morgan fingerprint density at radius 3 is 2.76 bits per heavy atom. The van der Waals surface area contributed by atoms with Crippen LogP contribution in [-0.4, -0.2) is 5.91 Å². The van der Waals surface area contributed by atoms with Gasteiger partial charge in [0, 0.05) is 4.88 Å². The van der Waals surface area contributed by atoms with Crippen LogP contribution in [0.1, 0.15) is 39.7 Å². The minimum absolute atomic E-state index is 0.0251. The van der Waals surface area contributed by atoms with Gasteiger partial charge in [-0.3, -0.25) is 4.79 Å². The Bertz CT molecular complexity index is 514. The molecule has 2 heterocycles. The standard InChI is InChI=1S/C13H15NO2S/c1-8-7-11(10(3)16-8)13(15)14-9(2)12-5-4-6-17-12/h4-7,9H,1-3H3,(H,14,15)/t9-/m1/s1. The van der Waals surface area contributed by atoms with Crippen molar-refractivity contribution in [2.45, 2.75) is 26.8 Å². The van der Waals surface area contributed by atoms with Crippen molar-refractivity contribution in [1.82, 2.24) is 5.32 Å². The summed E-state index contributed by atoms with van der Waals surface area (Å²) in [5.74, 6) is 1.34. The number of nitrogens with one attached hydrogen (secondary N) is 1. The maximum absolute atomic E-state index is 12.0. The molecule has 0 unspecified atom stereocenters. The van der Waals surface area contributed by atoms with E-state index in [0.29, 0.717) is 11.3 Å². The number of amides is 1. The van der Waals surface area contributed by atoms with E-state index in [2.05, 4.69) is 5.32 Å². The Labute approximate surface area is 104 Å². The zero-order chi connectivity index (χ0) is 12.4. The van der Waals surface area contributed by atoms with E-state index >= 15 is 0 Å². The summed E-state index contributed by atoms with van der Waals surface area (Å²) in [5.41, 5.74) is 0.617. The van der Waals surface area contributed by atoms with Gasteiger partial charge < -0.3 is 9.73 Å². The third-order valence-corrected chi connectivity index (χ3v) is 3.66. The number of hydrogen-bond acceptors (Lipinski definition) is 3. The van der Waals surface area contributed by atoms with Gasteiger partial charge in [0.05, 0.1) is 11.6 Å². The fraction of sp³-hybridized carbons (Fsp3) is 0.308. The lowest BCUT2D eigenvalue weighted by Gasteiger charge is -2.11. The second-order valence-corrected chi connectivity index (χ2v) is 5.02. The molecule has 0 saturated carbocycles. The quantitative estimate of drug-likeness (QED) is 0.905. The molecule has 0 radical (unpaired) electrons. The molecule has 0 aliphatic carbocycles. The van der Waals surface area contributed by atoms with Crippen molar-refractivity contribution in [1.29, 1.82) is 0 Å². The molecule has 0 spiro atoms. The largest absolute Gasteiger partial charge is 0.466 e. The molecule has 90 valence electrons. The van der Waals surface area contributed by atoms with Crippen LogP contribution in [0.4, 0.5) is 0 Å². The molecule has 0 aliphatic heterocycles. The Morgan fingerprint density at radius 2 is 2.24 bits per heavy atom. The highest BCUT2D eigenvalue weighted by Crippen LogP contribution is 2.20. The Kier molecular flexibility index (Phi) is 3.33. The first kappa shape index (κ1) is 11.9. The SMILES string of the molecule is Cc1cc(C(=O)N[C@H](C)c2cccs2)c(C)o1. The van der Waals surface area contributed by atoms with E-state index in [4.69, 9.17) is 4.42 Å². The van der Waals surface area contributed by atoms with E-state index in [1.54, 1.807) is 24.3 Å². The first-order valence-corrected chi connectivity index (χ1v) is 6.37. The molecule has 0 saturated heterocycles. The molecule has 1 amide bonds. The van der Waals surface area contributed by atoms with E-state index in [1.165, 1.54) is 0 Å². The van der Waals surface area contributed by atoms with E-state index in [9.17, 15) is 4.79 Å². The zero-order valence-corrected chi connectivity index (χ0v) is 10.9. The van der Waals surface area contributed by atoms with Crippen LogP contribution < -0.4 is 5.32 Å². The summed E-state index contributed by atoms with van der Waals surface area (Å²) in [4.78, 5) is 13.2. The molecule has 1 N–H and O–H groups in total. The molecule has 3 nitrogen and oxygen atoms in total. The number of hydrogen-bond donors (Lipinski definition) is 1. The van der Waals surface area contributed by atoms with Crippen molar-refractivity contribution in [3.63, 3.8) is 0 Å². The van der Waals surface area contributed by atoms with Gasteiger partial charge in [-0.15, -0.1) is 11.3 Å². The second kappa shape index (κ2) is 4.75. The first-order valence-electron chi connectivity index (χ1n) is 5.49. The van der Waals surface area contributed by atoms with Crippen LogP contribution in [0.2, 0.25) is 0 Å². The number of carbonyl (C=O) groups is 1. The lowest BCUT2D eigenvalue weighted by Crippen LogP contribution is -2.26. The maximum atomic E-state index is 12.0. The highest BCUT2D eigenvalue weighted by Gasteiger charge is 2.16. The molecule has 0 bridgehead atoms. The van der Waals surface area contributed by atoms with Crippen molar-refractivity contribution in [2.24, 2.45) is 0 Å². The van der Waals surface area contributed by atoms with Gasteiger partial charge >= 0.3 is 0 Å². The fourth-order valence-corrected chi connectivity index (χ4v) is 2.47. The molecule has 0 fully saturated rings. The minimum Gasteiger partial charge on any atom is -0.466 e. The van der Waals surface area contributed by atoms with Gasteiger partial charge in [0.1, 0.15) is 11.5 Å². The van der Waals surface area contributed by atoms with Crippen LogP contribution in [0.5, 0.6) is 0 Å². The first-order chi connectivity index (χ1) is 8.08. The molecular weight excluding hydrogens is 234 g/mol. The number of carbonyl (C=O) groups excluding carboxylic acids is 1. The summed E-state index contributed by atoms with van der Waals surface area (Å²) >= 11 is 1.64. The Balaban J connectivity index is 2.09. The van der Waals surface area contributed by atoms with Crippen molar-refractivity contribution >= 4 is 17.2 Å². The highest BCUT2D eigenvalue weighted by molar-refractivity contribution is 7.10. The second-order valence-electron chi connectivity index (χ2n) is 4.04. The predicted molar refractivity (Wildman–Crippen MR) is 68.4 cm³/mol. The Morgan fingerprint density at radius 1 is 1.47 bits per heavy atom. The molecule has 2 aromatic heterocycles. The smallest absolute Gasteiger partial charge is 0.255 e. The molecule has 4 heteroatoms. The van der Waals surface area contributed by atoms with Gasteiger partial charge in [-0.25, -0.2) is 0 Å². The zero-order valence-electron chi connectivity index (χ0n) is 10.1. The van der Waals surface area contributed by atoms with Crippen LogP contribution in [0.3, 0.4) is 0 Å². The van der Waals surface area contributed by atoms with Crippen molar-refractivity contribution in [3.8, 4) is 0 Å². The van der Waals surface area contributed by atoms with Crippen molar-refractivity contribution in [3.05, 3.63) is 45.5 Å². The minimum atomic E-state index is -0.0831. The number of aryl methyl sites for hydroxylation is 2. The summed E-state index contributed by atoms with van der Waals surface area (Å²) in [7, 11) is 0. The van der Waals surface area contributed by atoms with Crippen molar-refractivity contribution < 1.29 is 9.21 Å². The van der Waals surface area contributed by atoms with Crippen LogP contribution in [-0.2, 0) is 0 Å². The van der Waals surface area contributed by atoms with Gasteiger partial charge in [0.25, 0.3) is 5.91 Å². The van der Waals surface area contributed by atoms with E-state index in [-0.39, 0.29) is 11.9 Å².